The van der Waals surface area contributed by atoms with E-state index < -0.39 is 10.2 Å². The molecule has 0 bridgehead atoms. The molecule has 1 atom stereocenters. The van der Waals surface area contributed by atoms with Crippen LogP contribution in [0, 0.1) is 0 Å². The van der Waals surface area contributed by atoms with Gasteiger partial charge >= 0.3 is 0 Å². The maximum Gasteiger partial charge on any atom is 0.282 e. The molecule has 4 rings (SSSR count). The summed E-state index contributed by atoms with van der Waals surface area (Å²) in [5, 5.41) is 1.13. The molecule has 0 saturated carbocycles. The number of rotatable bonds is 3. The van der Waals surface area contributed by atoms with Crippen molar-refractivity contribution in [3.05, 3.63) is 36.0 Å². The summed E-state index contributed by atoms with van der Waals surface area (Å²) in [4.78, 5) is 3.42. The molecule has 1 unspecified atom stereocenters. The van der Waals surface area contributed by atoms with Crippen LogP contribution in [-0.2, 0) is 14.9 Å². The second-order valence-corrected chi connectivity index (χ2v) is 8.33. The van der Waals surface area contributed by atoms with Crippen LogP contribution in [0.25, 0.3) is 10.9 Å². The van der Waals surface area contributed by atoms with Gasteiger partial charge in [-0.2, -0.15) is 17.0 Å². The number of morpholine rings is 1. The quantitative estimate of drug-likeness (QED) is 0.924. The summed E-state index contributed by atoms with van der Waals surface area (Å²) in [6, 6.07) is 10.1. The lowest BCUT2D eigenvalue weighted by molar-refractivity contribution is 0.0681. The molecule has 2 aliphatic rings. The van der Waals surface area contributed by atoms with Gasteiger partial charge in [-0.15, -0.1) is 0 Å². The minimum atomic E-state index is -3.45. The van der Waals surface area contributed by atoms with Gasteiger partial charge in [-0.1, -0.05) is 24.6 Å². The van der Waals surface area contributed by atoms with Crippen molar-refractivity contribution in [1.29, 1.82) is 0 Å². The number of H-pyrrole nitrogens is 1. The van der Waals surface area contributed by atoms with Crippen LogP contribution in [0.2, 0.25) is 0 Å². The second kappa shape index (κ2) is 6.48. The lowest BCUT2D eigenvalue weighted by Gasteiger charge is -2.38. The van der Waals surface area contributed by atoms with Gasteiger partial charge in [0.1, 0.15) is 0 Å². The van der Waals surface area contributed by atoms with Gasteiger partial charge in [-0.05, 0) is 30.4 Å². The summed E-state index contributed by atoms with van der Waals surface area (Å²) >= 11 is 0. The standard InChI is InChI=1S/C17H23N3O3S/c21-24(22,19-9-11-23-12-10-19)20-8-4-3-7-17(20)16-13-14-5-1-2-6-15(14)18-16/h1-2,5-6,13,17-18H,3-4,7-12H2. The number of nitrogens with zero attached hydrogens (tertiary/aromatic N) is 2. The SMILES string of the molecule is O=S(=O)(N1CCOCC1)N1CCCCC1c1cc2ccccc2[nH]1. The average Bonchev–Trinajstić information content (AvgIpc) is 3.06. The zero-order valence-corrected chi connectivity index (χ0v) is 14.5. The Hall–Kier alpha value is -1.41. The molecule has 1 aromatic carbocycles. The molecule has 0 spiro atoms. The van der Waals surface area contributed by atoms with Gasteiger partial charge in [0.25, 0.3) is 10.2 Å². The van der Waals surface area contributed by atoms with E-state index in [4.69, 9.17) is 4.74 Å². The van der Waals surface area contributed by atoms with Crippen LogP contribution in [0.5, 0.6) is 0 Å². The van der Waals surface area contributed by atoms with E-state index in [1.165, 1.54) is 0 Å². The third kappa shape index (κ3) is 2.86. The molecule has 24 heavy (non-hydrogen) atoms. The first-order valence-corrected chi connectivity index (χ1v) is 9.98. The van der Waals surface area contributed by atoms with E-state index in [2.05, 4.69) is 17.1 Å². The van der Waals surface area contributed by atoms with Crippen LogP contribution in [0.1, 0.15) is 31.0 Å². The fourth-order valence-electron chi connectivity index (χ4n) is 3.69. The van der Waals surface area contributed by atoms with Crippen LogP contribution in [0.15, 0.2) is 30.3 Å². The second-order valence-electron chi connectivity index (χ2n) is 6.45. The smallest absolute Gasteiger partial charge is 0.282 e. The Balaban J connectivity index is 1.67. The van der Waals surface area contributed by atoms with Crippen molar-refractivity contribution in [1.82, 2.24) is 13.6 Å². The average molecular weight is 349 g/mol. The van der Waals surface area contributed by atoms with Gasteiger partial charge in [0.2, 0.25) is 0 Å². The van der Waals surface area contributed by atoms with Crippen molar-refractivity contribution in [3.8, 4) is 0 Å². The summed E-state index contributed by atoms with van der Waals surface area (Å²) in [6.45, 7) is 2.42. The lowest BCUT2D eigenvalue weighted by atomic mass is 10.0. The highest BCUT2D eigenvalue weighted by Crippen LogP contribution is 2.35. The molecule has 130 valence electrons. The molecule has 6 nitrogen and oxygen atoms in total. The Labute approximate surface area is 142 Å². The fraction of sp³-hybridized carbons (Fsp3) is 0.529. The van der Waals surface area contributed by atoms with Crippen molar-refractivity contribution >= 4 is 21.1 Å². The summed E-state index contributed by atoms with van der Waals surface area (Å²) < 4.78 is 34.8. The van der Waals surface area contributed by atoms with E-state index in [1.807, 2.05) is 18.2 Å². The lowest BCUT2D eigenvalue weighted by Crippen LogP contribution is -2.50. The zero-order valence-electron chi connectivity index (χ0n) is 13.6. The molecule has 7 heteroatoms. The van der Waals surface area contributed by atoms with Crippen LogP contribution >= 0.6 is 0 Å². The largest absolute Gasteiger partial charge is 0.379 e. The van der Waals surface area contributed by atoms with Crippen molar-refractivity contribution < 1.29 is 13.2 Å². The van der Waals surface area contributed by atoms with Crippen LogP contribution in [-0.4, -0.2) is 54.9 Å². The Kier molecular flexibility index (Phi) is 4.34. The molecule has 2 fully saturated rings. The first-order valence-electron chi connectivity index (χ1n) is 8.58. The maximum absolute atomic E-state index is 13.1. The fourth-order valence-corrected chi connectivity index (χ4v) is 5.50. The minimum Gasteiger partial charge on any atom is -0.379 e. The Bertz CT molecular complexity index is 778. The number of ether oxygens (including phenoxy) is 1. The summed E-state index contributed by atoms with van der Waals surface area (Å²) in [6.07, 6.45) is 2.83. The normalized spacial score (nSPS) is 24.4. The zero-order chi connectivity index (χ0) is 16.6. The van der Waals surface area contributed by atoms with E-state index in [9.17, 15) is 8.42 Å². The number of fused-ring (bicyclic) bond motifs is 1. The number of aromatic amines is 1. The van der Waals surface area contributed by atoms with Gasteiger partial charge in [-0.3, -0.25) is 0 Å². The predicted molar refractivity (Wildman–Crippen MR) is 92.9 cm³/mol. The number of nitrogens with one attached hydrogen (secondary N) is 1. The van der Waals surface area contributed by atoms with Crippen molar-refractivity contribution in [2.75, 3.05) is 32.8 Å². The van der Waals surface area contributed by atoms with Gasteiger partial charge < -0.3 is 9.72 Å². The molecule has 2 saturated heterocycles. The minimum absolute atomic E-state index is 0.112. The molecule has 3 heterocycles. The Morgan fingerprint density at radius 1 is 1.08 bits per heavy atom. The van der Waals surface area contributed by atoms with E-state index >= 15 is 0 Å². The number of piperidine rings is 1. The summed E-state index contributed by atoms with van der Waals surface area (Å²) in [7, 11) is -3.45. The number of para-hydroxylation sites is 1. The number of hydrogen-bond acceptors (Lipinski definition) is 3. The molecular weight excluding hydrogens is 326 g/mol. The predicted octanol–water partition coefficient (Wildman–Crippen LogP) is 2.27. The van der Waals surface area contributed by atoms with Crippen LogP contribution < -0.4 is 0 Å². The molecule has 2 aliphatic heterocycles. The molecule has 1 N–H and O–H groups in total. The van der Waals surface area contributed by atoms with Gasteiger partial charge in [0.15, 0.2) is 0 Å². The number of hydrogen-bond donors (Lipinski definition) is 1. The molecule has 1 aromatic heterocycles. The monoisotopic (exact) mass is 349 g/mol. The molecule has 2 aromatic rings. The maximum atomic E-state index is 13.1. The summed E-state index contributed by atoms with van der Waals surface area (Å²) in [5.74, 6) is 0. The Morgan fingerprint density at radius 2 is 1.88 bits per heavy atom. The first-order chi connectivity index (χ1) is 11.7. The number of aromatic nitrogens is 1. The first kappa shape index (κ1) is 16.1. The van der Waals surface area contributed by atoms with E-state index in [0.717, 1.165) is 35.9 Å². The van der Waals surface area contributed by atoms with Crippen molar-refractivity contribution in [3.63, 3.8) is 0 Å². The van der Waals surface area contributed by atoms with Gasteiger partial charge in [0.05, 0.1) is 19.3 Å². The van der Waals surface area contributed by atoms with Gasteiger partial charge in [-0.25, -0.2) is 0 Å². The molecule has 0 amide bonds. The number of benzene rings is 1. The van der Waals surface area contributed by atoms with Crippen molar-refractivity contribution in [2.24, 2.45) is 0 Å². The highest BCUT2D eigenvalue weighted by Gasteiger charge is 2.38. The summed E-state index contributed by atoms with van der Waals surface area (Å²) in [5.41, 5.74) is 2.05. The third-order valence-corrected chi connectivity index (χ3v) is 7.00. The molecule has 0 radical (unpaired) electrons. The van der Waals surface area contributed by atoms with E-state index in [0.29, 0.717) is 32.8 Å². The van der Waals surface area contributed by atoms with Crippen LogP contribution in [0.3, 0.4) is 0 Å². The van der Waals surface area contributed by atoms with E-state index in [-0.39, 0.29) is 6.04 Å². The van der Waals surface area contributed by atoms with Crippen molar-refractivity contribution in [2.45, 2.75) is 25.3 Å². The third-order valence-electron chi connectivity index (χ3n) is 4.96. The van der Waals surface area contributed by atoms with E-state index in [1.54, 1.807) is 8.61 Å². The Morgan fingerprint density at radius 3 is 2.67 bits per heavy atom. The molecular formula is C17H23N3O3S. The van der Waals surface area contributed by atoms with Crippen LogP contribution in [0.4, 0.5) is 0 Å². The van der Waals surface area contributed by atoms with Gasteiger partial charge in [0, 0.05) is 30.8 Å². The highest BCUT2D eigenvalue weighted by molar-refractivity contribution is 7.86. The molecule has 0 aliphatic carbocycles. The topological polar surface area (TPSA) is 65.6 Å². The highest BCUT2D eigenvalue weighted by atomic mass is 32.2.